The van der Waals surface area contributed by atoms with E-state index in [1.165, 1.54) is 12.1 Å². The highest BCUT2D eigenvalue weighted by molar-refractivity contribution is 7.91. The summed E-state index contributed by atoms with van der Waals surface area (Å²) in [5.41, 5.74) is -0.171. The first-order valence-electron chi connectivity index (χ1n) is 4.52. The highest BCUT2D eigenvalue weighted by Gasteiger charge is 2.15. The minimum Gasteiger partial charge on any atom is -0.200 e. The van der Waals surface area contributed by atoms with Gasteiger partial charge in [-0.1, -0.05) is 32.4 Å². The van der Waals surface area contributed by atoms with Gasteiger partial charge in [0.05, 0.1) is 4.34 Å². The Bertz CT molecular complexity index is 486. The van der Waals surface area contributed by atoms with Crippen molar-refractivity contribution in [2.24, 2.45) is 10.5 Å². The zero-order valence-corrected chi connectivity index (χ0v) is 11.6. The molecule has 0 spiro atoms. The van der Waals surface area contributed by atoms with Gasteiger partial charge in [0.1, 0.15) is 4.21 Å². The van der Waals surface area contributed by atoms with Crippen LogP contribution in [0.4, 0.5) is 0 Å². The molecule has 0 aliphatic carbocycles. The Morgan fingerprint density at radius 1 is 1.44 bits per heavy atom. The lowest BCUT2D eigenvalue weighted by molar-refractivity contribution is 0.581. The molecule has 1 aromatic heterocycles. The van der Waals surface area contributed by atoms with Gasteiger partial charge in [-0.3, -0.25) is 0 Å². The third-order valence-electron chi connectivity index (χ3n) is 1.44. The van der Waals surface area contributed by atoms with Crippen LogP contribution in [0.5, 0.6) is 0 Å². The largest absolute Gasteiger partial charge is 0.286 e. The lowest BCUT2D eigenvalue weighted by Gasteiger charge is -2.09. The van der Waals surface area contributed by atoms with Crippen LogP contribution in [0.15, 0.2) is 21.4 Å². The van der Waals surface area contributed by atoms with E-state index in [0.29, 0.717) is 4.34 Å². The van der Waals surface area contributed by atoms with E-state index in [2.05, 4.69) is 9.93 Å². The first-order valence-corrected chi connectivity index (χ1v) is 7.20. The molecular formula is C9H13ClN2O2S2. The van der Waals surface area contributed by atoms with E-state index in [0.717, 1.165) is 11.3 Å². The van der Waals surface area contributed by atoms with E-state index in [4.69, 9.17) is 11.6 Å². The van der Waals surface area contributed by atoms with E-state index in [1.54, 1.807) is 6.21 Å². The fraction of sp³-hybridized carbons (Fsp3) is 0.444. The SMILES string of the molecule is CC(C)(C)/C=N/NS(=O)(=O)c1ccc(Cl)s1. The van der Waals surface area contributed by atoms with Gasteiger partial charge in [-0.05, 0) is 17.5 Å². The van der Waals surface area contributed by atoms with E-state index in [9.17, 15) is 8.42 Å². The van der Waals surface area contributed by atoms with E-state index in [1.807, 2.05) is 20.8 Å². The van der Waals surface area contributed by atoms with Gasteiger partial charge in [-0.2, -0.15) is 18.4 Å². The maximum absolute atomic E-state index is 11.7. The standard InChI is InChI=1S/C9H13ClN2O2S2/c1-9(2,3)6-11-12-16(13,14)8-5-4-7(10)15-8/h4-6,12H,1-3H3/b11-6+. The number of nitrogens with zero attached hydrogens (tertiary/aromatic N) is 1. The van der Waals surface area contributed by atoms with Crippen LogP contribution in [0.1, 0.15) is 20.8 Å². The summed E-state index contributed by atoms with van der Waals surface area (Å²) in [4.78, 5) is 2.14. The molecule has 0 unspecified atom stereocenters. The Kier molecular flexibility index (Phi) is 3.98. The number of rotatable bonds is 3. The third-order valence-corrected chi connectivity index (χ3v) is 4.38. The monoisotopic (exact) mass is 280 g/mol. The smallest absolute Gasteiger partial charge is 0.200 e. The molecule has 0 fully saturated rings. The normalized spacial score (nSPS) is 13.2. The highest BCUT2D eigenvalue weighted by Crippen LogP contribution is 2.25. The van der Waals surface area contributed by atoms with Gasteiger partial charge in [-0.15, -0.1) is 11.3 Å². The predicted molar refractivity (Wildman–Crippen MR) is 67.6 cm³/mol. The number of hydrogen-bond acceptors (Lipinski definition) is 4. The van der Waals surface area contributed by atoms with Crippen molar-refractivity contribution in [2.75, 3.05) is 0 Å². The van der Waals surface area contributed by atoms with Crippen molar-refractivity contribution in [1.29, 1.82) is 0 Å². The molecule has 16 heavy (non-hydrogen) atoms. The number of hydrazone groups is 1. The van der Waals surface area contributed by atoms with E-state index < -0.39 is 10.0 Å². The topological polar surface area (TPSA) is 58.5 Å². The number of hydrogen-bond donors (Lipinski definition) is 1. The Morgan fingerprint density at radius 3 is 2.50 bits per heavy atom. The fourth-order valence-electron chi connectivity index (χ4n) is 0.777. The Labute approximate surface area is 104 Å². The van der Waals surface area contributed by atoms with Gasteiger partial charge in [0, 0.05) is 6.21 Å². The summed E-state index contributed by atoms with van der Waals surface area (Å²) in [6.07, 6.45) is 1.54. The van der Waals surface area contributed by atoms with Crippen LogP contribution in [0, 0.1) is 5.41 Å². The number of sulfonamides is 1. The van der Waals surface area contributed by atoms with Crippen molar-refractivity contribution in [3.05, 3.63) is 16.5 Å². The van der Waals surface area contributed by atoms with Crippen LogP contribution in [-0.2, 0) is 10.0 Å². The number of halogens is 1. The second kappa shape index (κ2) is 4.73. The summed E-state index contributed by atoms with van der Waals surface area (Å²) in [5, 5.41) is 3.70. The summed E-state index contributed by atoms with van der Waals surface area (Å²) >= 11 is 6.65. The minimum atomic E-state index is -3.58. The summed E-state index contributed by atoms with van der Waals surface area (Å²) in [7, 11) is -3.58. The van der Waals surface area contributed by atoms with Gasteiger partial charge >= 0.3 is 0 Å². The van der Waals surface area contributed by atoms with Crippen molar-refractivity contribution in [1.82, 2.24) is 4.83 Å². The maximum Gasteiger partial charge on any atom is 0.286 e. The zero-order valence-electron chi connectivity index (χ0n) is 9.19. The van der Waals surface area contributed by atoms with Crippen LogP contribution in [-0.4, -0.2) is 14.6 Å². The van der Waals surface area contributed by atoms with Crippen molar-refractivity contribution in [3.63, 3.8) is 0 Å². The highest BCUT2D eigenvalue weighted by atomic mass is 35.5. The molecule has 0 aromatic carbocycles. The predicted octanol–water partition coefficient (Wildman–Crippen LogP) is 2.71. The summed E-state index contributed by atoms with van der Waals surface area (Å²) in [6.45, 7) is 5.77. The lowest BCUT2D eigenvalue weighted by atomic mass is 9.99. The molecule has 0 aliphatic rings. The van der Waals surface area contributed by atoms with Crippen LogP contribution in [0.3, 0.4) is 0 Å². The fourth-order valence-corrected chi connectivity index (χ4v) is 3.04. The molecule has 0 saturated heterocycles. The third kappa shape index (κ3) is 4.11. The molecule has 0 radical (unpaired) electrons. The Hall–Kier alpha value is -0.590. The summed E-state index contributed by atoms with van der Waals surface area (Å²) < 4.78 is 23.9. The molecular weight excluding hydrogens is 268 g/mol. The number of nitrogens with one attached hydrogen (secondary N) is 1. The Morgan fingerprint density at radius 2 is 2.06 bits per heavy atom. The molecule has 0 atom stereocenters. The summed E-state index contributed by atoms with van der Waals surface area (Å²) in [6, 6.07) is 2.98. The van der Waals surface area contributed by atoms with E-state index in [-0.39, 0.29) is 9.62 Å². The molecule has 0 aliphatic heterocycles. The van der Waals surface area contributed by atoms with Crippen molar-refractivity contribution in [2.45, 2.75) is 25.0 Å². The second-order valence-corrected chi connectivity index (χ2v) is 7.88. The van der Waals surface area contributed by atoms with Gasteiger partial charge in [-0.25, -0.2) is 0 Å². The Balaban J connectivity index is 2.78. The van der Waals surface area contributed by atoms with Crippen molar-refractivity contribution < 1.29 is 8.42 Å². The molecule has 0 bridgehead atoms. The van der Waals surface area contributed by atoms with Crippen LogP contribution >= 0.6 is 22.9 Å². The summed E-state index contributed by atoms with van der Waals surface area (Å²) in [5.74, 6) is 0. The van der Waals surface area contributed by atoms with Gasteiger partial charge in [0.15, 0.2) is 0 Å². The minimum absolute atomic E-state index is 0.156. The molecule has 1 rings (SSSR count). The average Bonchev–Trinajstić information content (AvgIpc) is 2.49. The van der Waals surface area contributed by atoms with Crippen molar-refractivity contribution in [3.8, 4) is 0 Å². The molecule has 7 heteroatoms. The van der Waals surface area contributed by atoms with Gasteiger partial charge < -0.3 is 0 Å². The van der Waals surface area contributed by atoms with E-state index >= 15 is 0 Å². The molecule has 0 saturated carbocycles. The first-order chi connectivity index (χ1) is 7.21. The molecule has 1 heterocycles. The zero-order chi connectivity index (χ0) is 12.4. The average molecular weight is 281 g/mol. The maximum atomic E-state index is 11.7. The molecule has 1 N–H and O–H groups in total. The van der Waals surface area contributed by atoms with Gasteiger partial charge in [0.2, 0.25) is 0 Å². The van der Waals surface area contributed by atoms with Crippen LogP contribution in [0.25, 0.3) is 0 Å². The lowest BCUT2D eigenvalue weighted by Crippen LogP contribution is -2.19. The second-order valence-electron chi connectivity index (χ2n) is 4.28. The molecule has 1 aromatic rings. The molecule has 0 amide bonds. The number of thiophene rings is 1. The molecule has 90 valence electrons. The van der Waals surface area contributed by atoms with Crippen LogP contribution < -0.4 is 4.83 Å². The van der Waals surface area contributed by atoms with Gasteiger partial charge in [0.25, 0.3) is 10.0 Å². The first kappa shape index (κ1) is 13.5. The quantitative estimate of drug-likeness (QED) is 0.684. The van der Waals surface area contributed by atoms with Crippen LogP contribution in [0.2, 0.25) is 4.34 Å². The van der Waals surface area contributed by atoms with Crippen molar-refractivity contribution >= 4 is 39.2 Å². The molecule has 4 nitrogen and oxygen atoms in total.